The number of hydrogen-bond donors (Lipinski definition) is 2. The third kappa shape index (κ3) is 3.01. The first-order chi connectivity index (χ1) is 8.99. The topological polar surface area (TPSA) is 80.4 Å². The summed E-state index contributed by atoms with van der Waals surface area (Å²) >= 11 is 0. The first-order valence-electron chi connectivity index (χ1n) is 6.58. The molecule has 0 spiro atoms. The summed E-state index contributed by atoms with van der Waals surface area (Å²) in [6.07, 6.45) is 2.28. The van der Waals surface area contributed by atoms with E-state index in [-0.39, 0.29) is 24.2 Å². The Kier molecular flexibility index (Phi) is 4.00. The normalized spacial score (nSPS) is 21.2. The van der Waals surface area contributed by atoms with E-state index in [1.54, 1.807) is 6.92 Å². The molecule has 0 saturated heterocycles. The zero-order chi connectivity index (χ0) is 14.0. The van der Waals surface area contributed by atoms with Crippen LogP contribution in [0.1, 0.15) is 42.5 Å². The van der Waals surface area contributed by atoms with Gasteiger partial charge in [-0.25, -0.2) is 0 Å². The highest BCUT2D eigenvalue weighted by molar-refractivity contribution is 5.80. The van der Waals surface area contributed by atoms with Gasteiger partial charge in [0.2, 0.25) is 0 Å². The van der Waals surface area contributed by atoms with Gasteiger partial charge in [0.1, 0.15) is 5.78 Å². The minimum atomic E-state index is -0.764. The first-order valence-corrected chi connectivity index (χ1v) is 6.58. The number of carbonyl (C=O) groups excluding carboxylic acids is 1. The highest BCUT2D eigenvalue weighted by atomic mass is 16.4. The lowest BCUT2D eigenvalue weighted by atomic mass is 9.98. The van der Waals surface area contributed by atoms with Gasteiger partial charge in [0.25, 0.3) is 0 Å². The third-order valence-electron chi connectivity index (χ3n) is 3.82. The molecule has 3 N–H and O–H groups in total. The third-order valence-corrected chi connectivity index (χ3v) is 3.82. The molecule has 1 aromatic carbocycles. The molecule has 0 heterocycles. The summed E-state index contributed by atoms with van der Waals surface area (Å²) in [5, 5.41) is 8.62. The maximum Gasteiger partial charge on any atom is 0.303 e. The zero-order valence-corrected chi connectivity index (χ0v) is 11.1. The van der Waals surface area contributed by atoms with Crippen LogP contribution in [0.15, 0.2) is 18.2 Å². The number of fused-ring (bicyclic) bond motifs is 1. The van der Waals surface area contributed by atoms with E-state index >= 15 is 0 Å². The molecule has 102 valence electrons. The maximum absolute atomic E-state index is 11.5. The van der Waals surface area contributed by atoms with Crippen molar-refractivity contribution in [2.45, 2.75) is 38.6 Å². The quantitative estimate of drug-likeness (QED) is 0.847. The van der Waals surface area contributed by atoms with Crippen LogP contribution < -0.4 is 5.73 Å². The van der Waals surface area contributed by atoms with Crippen molar-refractivity contribution in [1.82, 2.24) is 0 Å². The van der Waals surface area contributed by atoms with Crippen LogP contribution in [-0.2, 0) is 22.4 Å². The van der Waals surface area contributed by atoms with Gasteiger partial charge in [0.15, 0.2) is 0 Å². The smallest absolute Gasteiger partial charge is 0.303 e. The van der Waals surface area contributed by atoms with Crippen LogP contribution in [-0.4, -0.2) is 16.9 Å². The summed E-state index contributed by atoms with van der Waals surface area (Å²) in [5.74, 6) is -0.736. The minimum Gasteiger partial charge on any atom is -0.481 e. The molecule has 2 rings (SSSR count). The second-order valence-electron chi connectivity index (χ2n) is 5.23. The summed E-state index contributed by atoms with van der Waals surface area (Å²) in [6, 6.07) is 5.85. The van der Waals surface area contributed by atoms with Gasteiger partial charge in [-0.1, -0.05) is 18.2 Å². The van der Waals surface area contributed by atoms with Crippen molar-refractivity contribution < 1.29 is 14.7 Å². The second-order valence-corrected chi connectivity index (χ2v) is 5.23. The molecule has 2 unspecified atom stereocenters. The molecular weight excluding hydrogens is 242 g/mol. The number of aryl methyl sites for hydroxylation is 1. The van der Waals surface area contributed by atoms with E-state index in [4.69, 9.17) is 10.8 Å². The van der Waals surface area contributed by atoms with Crippen LogP contribution in [0.25, 0.3) is 0 Å². The molecule has 1 aliphatic carbocycles. The summed E-state index contributed by atoms with van der Waals surface area (Å²) in [6.45, 7) is 1.59. The largest absolute Gasteiger partial charge is 0.481 e. The summed E-state index contributed by atoms with van der Waals surface area (Å²) in [5.41, 5.74) is 9.40. The predicted octanol–water partition coefficient (Wildman–Crippen LogP) is 1.85. The van der Waals surface area contributed by atoms with Crippen LogP contribution in [0.3, 0.4) is 0 Å². The van der Waals surface area contributed by atoms with E-state index in [2.05, 4.69) is 6.07 Å². The minimum absolute atomic E-state index is 0.107. The van der Waals surface area contributed by atoms with E-state index in [0.717, 1.165) is 23.1 Å². The molecule has 1 aliphatic rings. The van der Waals surface area contributed by atoms with Gasteiger partial charge < -0.3 is 10.8 Å². The maximum atomic E-state index is 11.5. The molecule has 4 nitrogen and oxygen atoms in total. The van der Waals surface area contributed by atoms with E-state index in [1.165, 1.54) is 0 Å². The van der Waals surface area contributed by atoms with Gasteiger partial charge in [-0.05, 0) is 42.9 Å². The number of ketones is 1. The van der Waals surface area contributed by atoms with Crippen LogP contribution in [0.5, 0.6) is 0 Å². The van der Waals surface area contributed by atoms with Crippen molar-refractivity contribution >= 4 is 11.8 Å². The number of nitrogens with two attached hydrogens (primary N) is 1. The Balaban J connectivity index is 2.08. The van der Waals surface area contributed by atoms with Crippen molar-refractivity contribution in [1.29, 1.82) is 0 Å². The predicted molar refractivity (Wildman–Crippen MR) is 71.8 cm³/mol. The Bertz CT molecular complexity index is 510. The number of carboxylic acid groups (broad SMARTS) is 1. The fourth-order valence-electron chi connectivity index (χ4n) is 2.74. The molecule has 0 saturated carbocycles. The number of rotatable bonds is 5. The van der Waals surface area contributed by atoms with E-state index in [1.807, 2.05) is 12.1 Å². The van der Waals surface area contributed by atoms with Crippen molar-refractivity contribution in [3.05, 3.63) is 34.9 Å². The molecule has 0 bridgehead atoms. The van der Waals surface area contributed by atoms with Gasteiger partial charge in [0, 0.05) is 18.4 Å². The number of benzene rings is 1. The van der Waals surface area contributed by atoms with E-state index in [9.17, 15) is 9.59 Å². The molecule has 0 amide bonds. The average Bonchev–Trinajstić information content (AvgIpc) is 2.66. The zero-order valence-electron chi connectivity index (χ0n) is 11.1. The fraction of sp³-hybridized carbons (Fsp3) is 0.467. The Labute approximate surface area is 112 Å². The highest BCUT2D eigenvalue weighted by Crippen LogP contribution is 2.35. The number of hydrogen-bond acceptors (Lipinski definition) is 3. The van der Waals surface area contributed by atoms with E-state index < -0.39 is 5.97 Å². The number of aliphatic carboxylic acids is 1. The number of carbonyl (C=O) groups is 2. The van der Waals surface area contributed by atoms with Crippen LogP contribution in [0.4, 0.5) is 0 Å². The molecule has 0 fully saturated rings. The second kappa shape index (κ2) is 5.53. The molecule has 0 aliphatic heterocycles. The number of Topliss-reactive ketones (excluding diaryl/α,β-unsaturated/α-hetero) is 1. The van der Waals surface area contributed by atoms with Gasteiger partial charge >= 0.3 is 5.97 Å². The van der Waals surface area contributed by atoms with Crippen molar-refractivity contribution in [2.24, 2.45) is 11.7 Å². The lowest BCUT2D eigenvalue weighted by Gasteiger charge is -2.11. The lowest BCUT2D eigenvalue weighted by molar-refractivity contribution is -0.137. The lowest BCUT2D eigenvalue weighted by Crippen LogP contribution is -2.22. The molecule has 19 heavy (non-hydrogen) atoms. The molecule has 0 radical (unpaired) electrons. The van der Waals surface area contributed by atoms with E-state index in [0.29, 0.717) is 12.8 Å². The highest BCUT2D eigenvalue weighted by Gasteiger charge is 2.32. The molecule has 2 atom stereocenters. The molecule has 4 heteroatoms. The summed E-state index contributed by atoms with van der Waals surface area (Å²) < 4.78 is 0. The van der Waals surface area contributed by atoms with Crippen molar-refractivity contribution in [3.63, 3.8) is 0 Å². The molecule has 0 aromatic heterocycles. The van der Waals surface area contributed by atoms with Crippen molar-refractivity contribution in [2.75, 3.05) is 0 Å². The monoisotopic (exact) mass is 261 g/mol. The summed E-state index contributed by atoms with van der Waals surface area (Å²) in [7, 11) is 0. The van der Waals surface area contributed by atoms with Crippen LogP contribution in [0, 0.1) is 5.92 Å². The average molecular weight is 261 g/mol. The molecular formula is C15H19NO3. The van der Waals surface area contributed by atoms with Crippen LogP contribution >= 0.6 is 0 Å². The van der Waals surface area contributed by atoms with Crippen LogP contribution in [0.2, 0.25) is 0 Å². The van der Waals surface area contributed by atoms with Crippen molar-refractivity contribution in [3.8, 4) is 0 Å². The first kappa shape index (κ1) is 13.7. The summed E-state index contributed by atoms with van der Waals surface area (Å²) in [4.78, 5) is 22.0. The van der Waals surface area contributed by atoms with Gasteiger partial charge in [-0.15, -0.1) is 0 Å². The SMILES string of the molecule is CC(=O)C1Cc2cc(CCCC(=O)O)ccc2C1N. The van der Waals surface area contributed by atoms with Gasteiger partial charge in [-0.2, -0.15) is 0 Å². The molecule has 1 aromatic rings. The fourth-order valence-corrected chi connectivity index (χ4v) is 2.74. The van der Waals surface area contributed by atoms with Gasteiger partial charge in [0.05, 0.1) is 0 Å². The Morgan fingerprint density at radius 1 is 1.42 bits per heavy atom. The standard InChI is InChI=1S/C15H19NO3/c1-9(17)13-8-11-7-10(3-2-4-14(18)19)5-6-12(11)15(13)16/h5-7,13,15H,2-4,8,16H2,1H3,(H,18,19). The Hall–Kier alpha value is -1.68. The Morgan fingerprint density at radius 3 is 2.79 bits per heavy atom. The van der Waals surface area contributed by atoms with Gasteiger partial charge in [-0.3, -0.25) is 9.59 Å². The Morgan fingerprint density at radius 2 is 2.16 bits per heavy atom. The number of carboxylic acids is 1.